The van der Waals surface area contributed by atoms with E-state index in [0.29, 0.717) is 19.4 Å². The summed E-state index contributed by atoms with van der Waals surface area (Å²) in [6, 6.07) is -0.623. The summed E-state index contributed by atoms with van der Waals surface area (Å²) in [4.78, 5) is 24.4. The van der Waals surface area contributed by atoms with Crippen LogP contribution >= 0.6 is 0 Å². The molecule has 0 saturated heterocycles. The Morgan fingerprint density at radius 1 is 0.373 bits per heavy atom. The van der Waals surface area contributed by atoms with E-state index in [0.717, 1.165) is 51.4 Å². The highest BCUT2D eigenvalue weighted by molar-refractivity contribution is 5.76. The zero-order valence-electron chi connectivity index (χ0n) is 50.3. The summed E-state index contributed by atoms with van der Waals surface area (Å²) >= 11 is 0. The Kier molecular flexibility index (Phi) is 62.5. The number of nitrogens with one attached hydrogen (secondary N) is 1. The first-order valence-electron chi connectivity index (χ1n) is 33.4. The van der Waals surface area contributed by atoms with Crippen LogP contribution in [0.15, 0.2) is 48.6 Å². The van der Waals surface area contributed by atoms with Crippen LogP contribution in [0.5, 0.6) is 0 Å². The van der Waals surface area contributed by atoms with E-state index < -0.39 is 12.1 Å². The Bertz CT molecular complexity index is 1260. The van der Waals surface area contributed by atoms with E-state index in [1.54, 1.807) is 6.08 Å². The Morgan fingerprint density at radius 3 is 1.08 bits per heavy atom. The minimum absolute atomic E-state index is 0.00427. The van der Waals surface area contributed by atoms with E-state index in [2.05, 4.69) is 55.6 Å². The van der Waals surface area contributed by atoms with Crippen LogP contribution in [0.3, 0.4) is 0 Å². The number of aliphatic hydroxyl groups is 2. The second kappa shape index (κ2) is 64.3. The quantitative estimate of drug-likeness (QED) is 0.0320. The molecule has 0 aliphatic heterocycles. The average molecular weight is 1050 g/mol. The maximum atomic E-state index is 12.4. The van der Waals surface area contributed by atoms with E-state index in [-0.39, 0.29) is 18.5 Å². The third kappa shape index (κ3) is 60.9. The van der Waals surface area contributed by atoms with Gasteiger partial charge in [0, 0.05) is 12.8 Å². The first-order chi connectivity index (χ1) is 37.0. The summed E-state index contributed by atoms with van der Waals surface area (Å²) in [7, 11) is 0. The number of esters is 1. The zero-order chi connectivity index (χ0) is 54.3. The summed E-state index contributed by atoms with van der Waals surface area (Å²) in [5.74, 6) is -0.0614. The molecule has 3 N–H and O–H groups in total. The van der Waals surface area contributed by atoms with Crippen molar-refractivity contribution in [1.29, 1.82) is 0 Å². The third-order valence-corrected chi connectivity index (χ3v) is 15.3. The largest absolute Gasteiger partial charge is 0.466 e. The molecule has 0 aromatic rings. The number of carbonyl (C=O) groups excluding carboxylic acids is 2. The van der Waals surface area contributed by atoms with Gasteiger partial charge >= 0.3 is 5.97 Å². The van der Waals surface area contributed by atoms with Crippen LogP contribution in [-0.4, -0.2) is 47.4 Å². The van der Waals surface area contributed by atoms with Crippen LogP contribution in [0.4, 0.5) is 0 Å². The lowest BCUT2D eigenvalue weighted by molar-refractivity contribution is -0.143. The molecular formula is C69H129NO5. The van der Waals surface area contributed by atoms with Gasteiger partial charge in [-0.3, -0.25) is 9.59 Å². The number of ether oxygens (including phenoxy) is 1. The fraction of sp³-hybridized carbons (Fsp3) is 0.855. The average Bonchev–Trinajstić information content (AvgIpc) is 3.41. The topological polar surface area (TPSA) is 95.9 Å². The van der Waals surface area contributed by atoms with Crippen LogP contribution in [0, 0.1) is 0 Å². The molecule has 440 valence electrons. The second-order valence-corrected chi connectivity index (χ2v) is 22.8. The maximum absolute atomic E-state index is 12.4. The molecule has 0 radical (unpaired) electrons. The van der Waals surface area contributed by atoms with Gasteiger partial charge in [0.25, 0.3) is 0 Å². The molecule has 6 heteroatoms. The van der Waals surface area contributed by atoms with Crippen LogP contribution in [0.1, 0.15) is 354 Å². The molecule has 0 spiro atoms. The van der Waals surface area contributed by atoms with Crippen molar-refractivity contribution in [2.75, 3.05) is 13.2 Å². The SMILES string of the molecule is CCC/C=C\C/C=C\CCCCCCCC(=O)OCCCCCCCCCCCCCCCC/C=C\CCCCCCCCCCCCCCCCCCCC(=O)NC(CO)C(O)/C=C/CCCCCCCCCC. The van der Waals surface area contributed by atoms with Gasteiger partial charge in [-0.05, 0) is 83.5 Å². The molecule has 2 unspecified atom stereocenters. The molecule has 2 atom stereocenters. The van der Waals surface area contributed by atoms with E-state index in [1.807, 2.05) is 6.08 Å². The van der Waals surface area contributed by atoms with Crippen molar-refractivity contribution in [3.63, 3.8) is 0 Å². The van der Waals surface area contributed by atoms with E-state index in [1.165, 1.54) is 276 Å². The second-order valence-electron chi connectivity index (χ2n) is 22.8. The Hall–Kier alpha value is -2.18. The minimum atomic E-state index is -0.840. The predicted octanol–water partition coefficient (Wildman–Crippen LogP) is 21.3. The van der Waals surface area contributed by atoms with Gasteiger partial charge in [0.15, 0.2) is 0 Å². The van der Waals surface area contributed by atoms with E-state index in [4.69, 9.17) is 4.74 Å². The number of amides is 1. The van der Waals surface area contributed by atoms with Gasteiger partial charge < -0.3 is 20.3 Å². The van der Waals surface area contributed by atoms with Crippen LogP contribution < -0.4 is 5.32 Å². The fourth-order valence-electron chi connectivity index (χ4n) is 10.2. The van der Waals surface area contributed by atoms with Crippen LogP contribution in [0.25, 0.3) is 0 Å². The number of allylic oxidation sites excluding steroid dienone is 7. The van der Waals surface area contributed by atoms with E-state index in [9.17, 15) is 19.8 Å². The summed E-state index contributed by atoms with van der Waals surface area (Å²) in [5, 5.41) is 23.0. The van der Waals surface area contributed by atoms with Gasteiger partial charge in [-0.1, -0.05) is 306 Å². The van der Waals surface area contributed by atoms with Gasteiger partial charge in [-0.15, -0.1) is 0 Å². The lowest BCUT2D eigenvalue weighted by Gasteiger charge is -2.20. The van der Waals surface area contributed by atoms with Crippen molar-refractivity contribution in [2.45, 2.75) is 366 Å². The van der Waals surface area contributed by atoms with Crippen LogP contribution in [-0.2, 0) is 14.3 Å². The van der Waals surface area contributed by atoms with Crippen molar-refractivity contribution in [3.8, 4) is 0 Å². The monoisotopic (exact) mass is 1050 g/mol. The minimum Gasteiger partial charge on any atom is -0.466 e. The molecule has 0 heterocycles. The standard InChI is InChI=1S/C69H129NO5/c1-3-5-7-9-11-13-15-39-43-47-51-55-59-63-69(74)75-64-60-56-52-48-44-41-38-36-34-32-30-28-26-24-22-20-18-16-17-19-21-23-25-27-29-31-33-35-37-40-42-46-50-54-58-62-68(73)70-66(65-71)67(72)61-57-53-49-45-14-12-10-8-6-4-2/h7,9,13,15,18,20,57,61,66-67,71-72H,3-6,8,10-12,14,16-17,19,21-56,58-60,62-65H2,1-2H3,(H,70,73)/b9-7-,15-13-,20-18-,61-57+. The number of unbranched alkanes of at least 4 members (excludes halogenated alkanes) is 45. The van der Waals surface area contributed by atoms with E-state index >= 15 is 0 Å². The molecule has 75 heavy (non-hydrogen) atoms. The summed E-state index contributed by atoms with van der Waals surface area (Å²) in [6.45, 7) is 4.83. The van der Waals surface area contributed by atoms with Gasteiger partial charge in [-0.2, -0.15) is 0 Å². The molecule has 0 aromatic carbocycles. The molecule has 0 aliphatic rings. The third-order valence-electron chi connectivity index (χ3n) is 15.3. The normalized spacial score (nSPS) is 12.9. The lowest BCUT2D eigenvalue weighted by Crippen LogP contribution is -2.45. The number of hydrogen-bond donors (Lipinski definition) is 3. The van der Waals surface area contributed by atoms with Crippen LogP contribution in [0.2, 0.25) is 0 Å². The Labute approximate surface area is 467 Å². The molecule has 0 saturated carbocycles. The van der Waals surface area contributed by atoms with Gasteiger partial charge in [0.2, 0.25) is 5.91 Å². The highest BCUT2D eigenvalue weighted by atomic mass is 16.5. The Balaban J connectivity index is 3.33. The van der Waals surface area contributed by atoms with Crippen molar-refractivity contribution in [1.82, 2.24) is 5.32 Å². The predicted molar refractivity (Wildman–Crippen MR) is 329 cm³/mol. The first kappa shape index (κ1) is 72.8. The fourth-order valence-corrected chi connectivity index (χ4v) is 10.2. The number of rotatable bonds is 62. The molecule has 0 rings (SSSR count). The van der Waals surface area contributed by atoms with Gasteiger partial charge in [-0.25, -0.2) is 0 Å². The molecular weight excluding hydrogens is 923 g/mol. The Morgan fingerprint density at radius 2 is 0.693 bits per heavy atom. The molecule has 0 bridgehead atoms. The number of aliphatic hydroxyl groups excluding tert-OH is 2. The lowest BCUT2D eigenvalue weighted by atomic mass is 10.0. The first-order valence-corrected chi connectivity index (χ1v) is 33.4. The van der Waals surface area contributed by atoms with Gasteiger partial charge in [0.1, 0.15) is 0 Å². The summed E-state index contributed by atoms with van der Waals surface area (Å²) in [6.07, 6.45) is 83.4. The molecule has 6 nitrogen and oxygen atoms in total. The van der Waals surface area contributed by atoms with Crippen molar-refractivity contribution < 1.29 is 24.5 Å². The smallest absolute Gasteiger partial charge is 0.305 e. The number of carbonyl (C=O) groups is 2. The van der Waals surface area contributed by atoms with Crippen molar-refractivity contribution in [2.24, 2.45) is 0 Å². The highest BCUT2D eigenvalue weighted by Crippen LogP contribution is 2.18. The van der Waals surface area contributed by atoms with Gasteiger partial charge in [0.05, 0.1) is 25.4 Å². The van der Waals surface area contributed by atoms with Crippen molar-refractivity contribution in [3.05, 3.63) is 48.6 Å². The highest BCUT2D eigenvalue weighted by Gasteiger charge is 2.18. The van der Waals surface area contributed by atoms with Crippen molar-refractivity contribution >= 4 is 11.9 Å². The molecule has 0 aromatic heterocycles. The summed E-state index contributed by atoms with van der Waals surface area (Å²) in [5.41, 5.74) is 0. The zero-order valence-corrected chi connectivity index (χ0v) is 50.3. The molecule has 0 fully saturated rings. The molecule has 1 amide bonds. The molecule has 0 aliphatic carbocycles. The summed E-state index contributed by atoms with van der Waals surface area (Å²) < 4.78 is 5.47. The number of hydrogen-bond acceptors (Lipinski definition) is 5. The maximum Gasteiger partial charge on any atom is 0.305 e.